The number of phenolic OH excluding ortho intramolecular Hbond substituents is 2. The second kappa shape index (κ2) is 8.63. The van der Waals surface area contributed by atoms with Crippen LogP contribution >= 0.6 is 24.0 Å². The maximum absolute atomic E-state index is 12.8. The predicted molar refractivity (Wildman–Crippen MR) is 114 cm³/mol. The monoisotopic (exact) mass is 437 g/mol. The standard InChI is InChI=1S/C21H20ClNO5.ClH/c22-14-4-2-1-3-13(14)18-8-17(27)20-16(26)7-15(25)19(21(20)28-18)12-5-6-23-9-11(12)10-24;/h1-4,7-8,11-12,23-26H,5-6,9-10H2;1H/t11-,12+;/m1./s1. The highest BCUT2D eigenvalue weighted by molar-refractivity contribution is 6.33. The Hall–Kier alpha value is -2.25. The maximum atomic E-state index is 12.8. The van der Waals surface area contributed by atoms with E-state index in [0.29, 0.717) is 35.7 Å². The fraction of sp³-hybridized carbons (Fsp3) is 0.286. The van der Waals surface area contributed by atoms with Gasteiger partial charge in [-0.15, -0.1) is 12.4 Å². The van der Waals surface area contributed by atoms with E-state index in [-0.39, 0.29) is 59.1 Å². The summed E-state index contributed by atoms with van der Waals surface area (Å²) in [4.78, 5) is 12.8. The number of fused-ring (bicyclic) bond motifs is 1. The minimum absolute atomic E-state index is 0. The van der Waals surface area contributed by atoms with Crippen molar-refractivity contribution in [2.45, 2.75) is 12.3 Å². The van der Waals surface area contributed by atoms with Crippen molar-refractivity contribution in [2.75, 3.05) is 19.7 Å². The number of aliphatic hydroxyl groups is 1. The lowest BCUT2D eigenvalue weighted by Gasteiger charge is -2.32. The zero-order valence-corrected chi connectivity index (χ0v) is 17.0. The third-order valence-corrected chi connectivity index (χ3v) is 5.68. The molecule has 4 N–H and O–H groups in total. The highest BCUT2D eigenvalue weighted by Gasteiger charge is 2.32. The Morgan fingerprint density at radius 1 is 1.17 bits per heavy atom. The van der Waals surface area contributed by atoms with Gasteiger partial charge in [-0.2, -0.15) is 0 Å². The lowest BCUT2D eigenvalue weighted by atomic mass is 9.80. The van der Waals surface area contributed by atoms with Crippen LogP contribution in [0.25, 0.3) is 22.3 Å². The number of phenols is 2. The summed E-state index contributed by atoms with van der Waals surface area (Å²) < 4.78 is 6.04. The number of rotatable bonds is 3. The summed E-state index contributed by atoms with van der Waals surface area (Å²) in [7, 11) is 0. The number of piperidine rings is 1. The number of hydrogen-bond acceptors (Lipinski definition) is 6. The molecule has 1 fully saturated rings. The summed E-state index contributed by atoms with van der Waals surface area (Å²) in [5.74, 6) is -0.621. The van der Waals surface area contributed by atoms with Gasteiger partial charge in [0, 0.05) is 42.3 Å². The largest absolute Gasteiger partial charge is 0.507 e. The Labute approximate surface area is 178 Å². The fourth-order valence-electron chi connectivity index (χ4n) is 3.97. The molecule has 154 valence electrons. The van der Waals surface area contributed by atoms with Crippen LogP contribution in [0.2, 0.25) is 5.02 Å². The number of nitrogens with one attached hydrogen (secondary N) is 1. The summed E-state index contributed by atoms with van der Waals surface area (Å²) in [6.45, 7) is 1.21. The van der Waals surface area contributed by atoms with E-state index >= 15 is 0 Å². The molecule has 6 nitrogen and oxygen atoms in total. The highest BCUT2D eigenvalue weighted by atomic mass is 35.5. The summed E-state index contributed by atoms with van der Waals surface area (Å²) in [6, 6.07) is 9.43. The first-order valence-corrected chi connectivity index (χ1v) is 9.48. The smallest absolute Gasteiger partial charge is 0.197 e. The van der Waals surface area contributed by atoms with Crippen molar-refractivity contribution < 1.29 is 19.7 Å². The Bertz CT molecular complexity index is 1100. The summed E-state index contributed by atoms with van der Waals surface area (Å²) >= 11 is 6.26. The molecule has 4 rings (SSSR count). The molecule has 2 heterocycles. The van der Waals surface area contributed by atoms with E-state index in [4.69, 9.17) is 16.0 Å². The van der Waals surface area contributed by atoms with Gasteiger partial charge in [0.05, 0.1) is 5.02 Å². The molecule has 0 radical (unpaired) electrons. The average molecular weight is 438 g/mol. The van der Waals surface area contributed by atoms with Crippen LogP contribution in [0.4, 0.5) is 0 Å². The number of halogens is 2. The molecule has 1 aliphatic rings. The van der Waals surface area contributed by atoms with Crippen LogP contribution in [-0.2, 0) is 0 Å². The van der Waals surface area contributed by atoms with Crippen LogP contribution in [0.15, 0.2) is 45.6 Å². The van der Waals surface area contributed by atoms with Gasteiger partial charge in [-0.25, -0.2) is 0 Å². The molecular weight excluding hydrogens is 417 g/mol. The second-order valence-corrected chi connectivity index (χ2v) is 7.44. The first kappa shape index (κ1) is 21.5. The summed E-state index contributed by atoms with van der Waals surface area (Å²) in [6.07, 6.45) is 0.651. The Morgan fingerprint density at radius 3 is 2.66 bits per heavy atom. The van der Waals surface area contributed by atoms with E-state index in [9.17, 15) is 20.1 Å². The number of hydrogen-bond donors (Lipinski definition) is 4. The van der Waals surface area contributed by atoms with E-state index in [0.717, 1.165) is 0 Å². The summed E-state index contributed by atoms with van der Waals surface area (Å²) in [5, 5.41) is 34.3. The third-order valence-electron chi connectivity index (χ3n) is 5.35. The van der Waals surface area contributed by atoms with Crippen LogP contribution in [0.3, 0.4) is 0 Å². The van der Waals surface area contributed by atoms with Crippen molar-refractivity contribution in [2.24, 2.45) is 5.92 Å². The minimum atomic E-state index is -0.426. The topological polar surface area (TPSA) is 103 Å². The molecule has 0 bridgehead atoms. The van der Waals surface area contributed by atoms with E-state index in [1.54, 1.807) is 24.3 Å². The molecule has 2 atom stereocenters. The lowest BCUT2D eigenvalue weighted by molar-refractivity contribution is 0.178. The van der Waals surface area contributed by atoms with E-state index < -0.39 is 5.43 Å². The van der Waals surface area contributed by atoms with Gasteiger partial charge < -0.3 is 25.1 Å². The van der Waals surface area contributed by atoms with Crippen molar-refractivity contribution in [1.29, 1.82) is 0 Å². The zero-order chi connectivity index (χ0) is 19.8. The number of aromatic hydroxyl groups is 2. The lowest BCUT2D eigenvalue weighted by Crippen LogP contribution is -2.37. The van der Waals surface area contributed by atoms with E-state index in [1.807, 2.05) is 0 Å². The van der Waals surface area contributed by atoms with Gasteiger partial charge in [-0.3, -0.25) is 4.79 Å². The van der Waals surface area contributed by atoms with Gasteiger partial charge in [0.1, 0.15) is 28.2 Å². The van der Waals surface area contributed by atoms with Gasteiger partial charge in [0.15, 0.2) is 5.43 Å². The van der Waals surface area contributed by atoms with Gasteiger partial charge in [0.2, 0.25) is 0 Å². The van der Waals surface area contributed by atoms with Gasteiger partial charge >= 0.3 is 0 Å². The maximum Gasteiger partial charge on any atom is 0.197 e. The van der Waals surface area contributed by atoms with Crippen LogP contribution in [-0.4, -0.2) is 35.0 Å². The molecule has 0 saturated carbocycles. The van der Waals surface area contributed by atoms with Crippen LogP contribution < -0.4 is 10.7 Å². The highest BCUT2D eigenvalue weighted by Crippen LogP contribution is 2.43. The minimum Gasteiger partial charge on any atom is -0.507 e. The Balaban J connectivity index is 0.00000240. The molecule has 8 heteroatoms. The van der Waals surface area contributed by atoms with Crippen molar-refractivity contribution in [1.82, 2.24) is 5.32 Å². The first-order chi connectivity index (χ1) is 13.5. The molecule has 1 saturated heterocycles. The summed E-state index contributed by atoms with van der Waals surface area (Å²) in [5.41, 5.74) is 0.676. The SMILES string of the molecule is Cl.O=c1cc(-c2ccccc2Cl)oc2c([C@H]3CCNC[C@@H]3CO)c(O)cc(O)c12. The predicted octanol–water partition coefficient (Wildman–Crippen LogP) is 3.63. The normalized spacial score (nSPS) is 19.1. The van der Waals surface area contributed by atoms with E-state index in [1.165, 1.54) is 12.1 Å². The molecular formula is C21H21Cl2NO5. The van der Waals surface area contributed by atoms with Gasteiger partial charge in [-0.05, 0) is 31.0 Å². The zero-order valence-electron chi connectivity index (χ0n) is 15.4. The van der Waals surface area contributed by atoms with Gasteiger partial charge in [0.25, 0.3) is 0 Å². The van der Waals surface area contributed by atoms with Crippen LogP contribution in [0, 0.1) is 5.92 Å². The molecule has 29 heavy (non-hydrogen) atoms. The number of aliphatic hydroxyl groups excluding tert-OH is 1. The second-order valence-electron chi connectivity index (χ2n) is 7.03. The van der Waals surface area contributed by atoms with E-state index in [2.05, 4.69) is 5.32 Å². The average Bonchev–Trinajstić information content (AvgIpc) is 2.68. The van der Waals surface area contributed by atoms with Crippen molar-refractivity contribution in [3.05, 3.63) is 57.2 Å². The molecule has 0 amide bonds. The van der Waals surface area contributed by atoms with Crippen molar-refractivity contribution in [3.63, 3.8) is 0 Å². The molecule has 0 spiro atoms. The molecule has 3 aromatic rings. The van der Waals surface area contributed by atoms with Gasteiger partial charge in [-0.1, -0.05) is 23.7 Å². The van der Waals surface area contributed by atoms with Crippen LogP contribution in [0.5, 0.6) is 11.5 Å². The fourth-order valence-corrected chi connectivity index (χ4v) is 4.20. The first-order valence-electron chi connectivity index (χ1n) is 9.10. The molecule has 0 unspecified atom stereocenters. The Morgan fingerprint density at radius 2 is 1.93 bits per heavy atom. The number of benzene rings is 2. The molecule has 2 aromatic carbocycles. The molecule has 0 aliphatic carbocycles. The molecule has 1 aliphatic heterocycles. The van der Waals surface area contributed by atoms with Crippen molar-refractivity contribution >= 4 is 35.0 Å². The Kier molecular flexibility index (Phi) is 6.39. The molecule has 1 aromatic heterocycles. The quantitative estimate of drug-likeness (QED) is 0.498. The van der Waals surface area contributed by atoms with Crippen LogP contribution in [0.1, 0.15) is 17.9 Å². The third kappa shape index (κ3) is 3.81. The van der Waals surface area contributed by atoms with Crippen molar-refractivity contribution in [3.8, 4) is 22.8 Å².